The molecule has 1 saturated carbocycles. The summed E-state index contributed by atoms with van der Waals surface area (Å²) >= 11 is 9.51. The number of hydrogen-bond donors (Lipinski definition) is 1. The van der Waals surface area contributed by atoms with Crippen molar-refractivity contribution >= 4 is 39.3 Å². The van der Waals surface area contributed by atoms with Crippen molar-refractivity contribution in [3.63, 3.8) is 0 Å². The molecule has 1 fully saturated rings. The Morgan fingerprint density at radius 2 is 1.74 bits per heavy atom. The fourth-order valence-electron chi connectivity index (χ4n) is 4.92. The van der Waals surface area contributed by atoms with Crippen LogP contribution in [0.2, 0.25) is 5.02 Å². The minimum absolute atomic E-state index is 0.116. The molecule has 200 valence electrons. The van der Waals surface area contributed by atoms with Crippen LogP contribution in [0.5, 0.6) is 5.75 Å². The van der Waals surface area contributed by atoms with Crippen LogP contribution < -0.4 is 10.1 Å². The molecule has 0 unspecified atom stereocenters. The summed E-state index contributed by atoms with van der Waals surface area (Å²) in [4.78, 5) is 29.3. The van der Waals surface area contributed by atoms with E-state index in [0.29, 0.717) is 28.2 Å². The maximum atomic E-state index is 13.8. The number of benzene rings is 3. The van der Waals surface area contributed by atoms with Gasteiger partial charge in [-0.15, -0.1) is 0 Å². The van der Waals surface area contributed by atoms with Gasteiger partial charge < -0.3 is 15.0 Å². The molecule has 7 heteroatoms. The van der Waals surface area contributed by atoms with Gasteiger partial charge in [0.1, 0.15) is 11.8 Å². The first-order valence-electron chi connectivity index (χ1n) is 13.2. The van der Waals surface area contributed by atoms with Crippen LogP contribution in [0.25, 0.3) is 0 Å². The predicted octanol–water partition coefficient (Wildman–Crippen LogP) is 6.88. The van der Waals surface area contributed by atoms with Crippen LogP contribution in [0, 0.1) is 6.92 Å². The van der Waals surface area contributed by atoms with E-state index in [2.05, 4.69) is 27.3 Å². The highest BCUT2D eigenvalue weighted by molar-refractivity contribution is 9.10. The van der Waals surface area contributed by atoms with Gasteiger partial charge in [0.2, 0.25) is 5.91 Å². The zero-order valence-electron chi connectivity index (χ0n) is 21.7. The molecule has 5 nitrogen and oxygen atoms in total. The number of rotatable bonds is 10. The van der Waals surface area contributed by atoms with Gasteiger partial charge >= 0.3 is 0 Å². The lowest BCUT2D eigenvalue weighted by Crippen LogP contribution is -2.53. The van der Waals surface area contributed by atoms with Crippen molar-refractivity contribution < 1.29 is 14.3 Å². The smallest absolute Gasteiger partial charge is 0.261 e. The first kappa shape index (κ1) is 28.2. The van der Waals surface area contributed by atoms with Crippen LogP contribution in [0.15, 0.2) is 77.3 Å². The molecule has 0 heterocycles. The van der Waals surface area contributed by atoms with Crippen LogP contribution in [0.3, 0.4) is 0 Å². The molecule has 3 aromatic carbocycles. The summed E-state index contributed by atoms with van der Waals surface area (Å²) in [6, 6.07) is 22.5. The van der Waals surface area contributed by atoms with E-state index in [4.69, 9.17) is 16.3 Å². The molecule has 2 amide bonds. The first-order valence-corrected chi connectivity index (χ1v) is 14.3. The number of carbonyl (C=O) groups is 2. The first-order chi connectivity index (χ1) is 18.4. The number of nitrogens with one attached hydrogen (secondary N) is 1. The van der Waals surface area contributed by atoms with Crippen molar-refractivity contribution in [2.24, 2.45) is 0 Å². The van der Waals surface area contributed by atoms with Gasteiger partial charge in [0.25, 0.3) is 5.91 Å². The van der Waals surface area contributed by atoms with E-state index in [1.165, 1.54) is 6.42 Å². The normalized spacial score (nSPS) is 14.5. The van der Waals surface area contributed by atoms with E-state index in [0.717, 1.165) is 42.4 Å². The SMILES string of the molecule is Cc1cccc(CN(C(=O)COc2ccc(Cl)cc2Br)[C@H](Cc2ccccc2)C(=O)NC2CCCCC2)c1. The number of halogens is 2. The number of ether oxygens (including phenoxy) is 1. The van der Waals surface area contributed by atoms with Crippen LogP contribution in [0.1, 0.15) is 48.8 Å². The minimum Gasteiger partial charge on any atom is -0.483 e. The number of carbonyl (C=O) groups excluding carboxylic acids is 2. The molecule has 0 aromatic heterocycles. The molecule has 0 bridgehead atoms. The molecule has 1 N–H and O–H groups in total. The Hall–Kier alpha value is -2.83. The van der Waals surface area contributed by atoms with E-state index in [9.17, 15) is 9.59 Å². The van der Waals surface area contributed by atoms with Crippen molar-refractivity contribution in [2.75, 3.05) is 6.61 Å². The number of aryl methyl sites for hydroxylation is 1. The second-order valence-corrected chi connectivity index (χ2v) is 11.2. The Bertz CT molecular complexity index is 1230. The molecule has 0 aliphatic heterocycles. The third-order valence-electron chi connectivity index (χ3n) is 6.90. The van der Waals surface area contributed by atoms with E-state index in [-0.39, 0.29) is 24.5 Å². The molecule has 1 atom stereocenters. The topological polar surface area (TPSA) is 58.6 Å². The van der Waals surface area contributed by atoms with Gasteiger partial charge in [-0.3, -0.25) is 9.59 Å². The van der Waals surface area contributed by atoms with Gasteiger partial charge in [-0.05, 0) is 65.0 Å². The minimum atomic E-state index is -0.676. The molecule has 1 aliphatic carbocycles. The van der Waals surface area contributed by atoms with E-state index < -0.39 is 6.04 Å². The summed E-state index contributed by atoms with van der Waals surface area (Å²) < 4.78 is 6.56. The number of amides is 2. The van der Waals surface area contributed by atoms with Gasteiger partial charge in [-0.25, -0.2) is 0 Å². The fourth-order valence-corrected chi connectivity index (χ4v) is 5.72. The van der Waals surface area contributed by atoms with E-state index >= 15 is 0 Å². The van der Waals surface area contributed by atoms with Gasteiger partial charge in [-0.2, -0.15) is 0 Å². The molecule has 0 spiro atoms. The van der Waals surface area contributed by atoms with Crippen LogP contribution in [0.4, 0.5) is 0 Å². The molecule has 38 heavy (non-hydrogen) atoms. The number of nitrogens with zero attached hydrogens (tertiary/aromatic N) is 1. The largest absolute Gasteiger partial charge is 0.483 e. The second-order valence-electron chi connectivity index (χ2n) is 9.92. The molecule has 4 rings (SSSR count). The fraction of sp³-hybridized carbons (Fsp3) is 0.355. The van der Waals surface area contributed by atoms with Crippen molar-refractivity contribution in [1.29, 1.82) is 0 Å². The highest BCUT2D eigenvalue weighted by Crippen LogP contribution is 2.28. The van der Waals surface area contributed by atoms with Crippen LogP contribution in [-0.2, 0) is 22.6 Å². The molecular formula is C31H34BrClN2O3. The Balaban J connectivity index is 1.62. The summed E-state index contributed by atoms with van der Waals surface area (Å²) in [5.41, 5.74) is 3.07. The van der Waals surface area contributed by atoms with Crippen molar-refractivity contribution in [3.05, 3.63) is 99.0 Å². The zero-order chi connectivity index (χ0) is 26.9. The molecule has 0 radical (unpaired) electrons. The lowest BCUT2D eigenvalue weighted by atomic mass is 9.94. The average molecular weight is 598 g/mol. The average Bonchev–Trinajstić information content (AvgIpc) is 2.91. The van der Waals surface area contributed by atoms with E-state index in [1.54, 1.807) is 23.1 Å². The third kappa shape index (κ3) is 8.08. The Morgan fingerprint density at radius 3 is 2.45 bits per heavy atom. The Kier molecular flexibility index (Phi) is 10.2. The van der Waals surface area contributed by atoms with Gasteiger partial charge in [0.05, 0.1) is 4.47 Å². The van der Waals surface area contributed by atoms with Gasteiger partial charge in [0, 0.05) is 24.0 Å². The standard InChI is InChI=1S/C31H34BrClN2O3/c1-22-9-8-12-24(17-22)20-35(30(36)21-38-29-16-15-25(33)19-27(29)32)28(18-23-10-4-2-5-11-23)31(37)34-26-13-6-3-7-14-26/h2,4-5,8-12,15-17,19,26,28H,3,6-7,13-14,18,20-21H2,1H3,(H,34,37)/t28-/m1/s1. The summed E-state index contributed by atoms with van der Waals surface area (Å²) in [6.45, 7) is 2.13. The second kappa shape index (κ2) is 13.8. The Morgan fingerprint density at radius 1 is 1.00 bits per heavy atom. The monoisotopic (exact) mass is 596 g/mol. The van der Waals surface area contributed by atoms with Gasteiger partial charge in [-0.1, -0.05) is 91.0 Å². The molecule has 0 saturated heterocycles. The highest BCUT2D eigenvalue weighted by atomic mass is 79.9. The molecular weight excluding hydrogens is 564 g/mol. The lowest BCUT2D eigenvalue weighted by Gasteiger charge is -2.33. The van der Waals surface area contributed by atoms with E-state index in [1.807, 2.05) is 55.5 Å². The summed E-state index contributed by atoms with van der Waals surface area (Å²) in [5.74, 6) is 0.145. The highest BCUT2D eigenvalue weighted by Gasteiger charge is 2.32. The van der Waals surface area contributed by atoms with Crippen molar-refractivity contribution in [2.45, 2.75) is 64.1 Å². The predicted molar refractivity (Wildman–Crippen MR) is 155 cm³/mol. The summed E-state index contributed by atoms with van der Waals surface area (Å²) in [7, 11) is 0. The van der Waals surface area contributed by atoms with Crippen molar-refractivity contribution in [1.82, 2.24) is 10.2 Å². The number of hydrogen-bond acceptors (Lipinski definition) is 3. The maximum absolute atomic E-state index is 13.8. The third-order valence-corrected chi connectivity index (χ3v) is 7.76. The Labute approximate surface area is 238 Å². The zero-order valence-corrected chi connectivity index (χ0v) is 24.0. The molecule has 1 aliphatic rings. The lowest BCUT2D eigenvalue weighted by molar-refractivity contribution is -0.143. The van der Waals surface area contributed by atoms with Gasteiger partial charge in [0.15, 0.2) is 6.61 Å². The summed E-state index contributed by atoms with van der Waals surface area (Å²) in [5, 5.41) is 3.83. The van der Waals surface area contributed by atoms with Crippen LogP contribution in [-0.4, -0.2) is 35.4 Å². The maximum Gasteiger partial charge on any atom is 0.261 e. The van der Waals surface area contributed by atoms with Crippen LogP contribution >= 0.6 is 27.5 Å². The quantitative estimate of drug-likeness (QED) is 0.277. The summed E-state index contributed by atoms with van der Waals surface area (Å²) in [6.07, 6.45) is 5.80. The molecule has 3 aromatic rings. The van der Waals surface area contributed by atoms with Crippen molar-refractivity contribution in [3.8, 4) is 5.75 Å².